The van der Waals surface area contributed by atoms with Crippen molar-refractivity contribution in [2.75, 3.05) is 6.61 Å². The first-order chi connectivity index (χ1) is 17.8. The van der Waals surface area contributed by atoms with Gasteiger partial charge in [0.05, 0.1) is 6.61 Å². The van der Waals surface area contributed by atoms with Gasteiger partial charge in [-0.15, -0.1) is 10.1 Å². The Labute approximate surface area is 222 Å². The number of ether oxygens (including phenoxy) is 2. The molecule has 1 aliphatic carbocycles. The zero-order valence-electron chi connectivity index (χ0n) is 22.5. The number of hydrogen-bond donors (Lipinski definition) is 1. The van der Waals surface area contributed by atoms with Gasteiger partial charge in [0, 0.05) is 42.4 Å². The third kappa shape index (κ3) is 7.33. The number of fused-ring (bicyclic) bond motifs is 3. The molecule has 1 aliphatic heterocycles. The van der Waals surface area contributed by atoms with Crippen LogP contribution in [0.4, 0.5) is 0 Å². The fourth-order valence-corrected chi connectivity index (χ4v) is 5.62. The van der Waals surface area contributed by atoms with Crippen LogP contribution in [0.5, 0.6) is 11.5 Å². The number of hydrogen-bond acceptors (Lipinski definition) is 8. The molecule has 1 saturated carbocycles. The van der Waals surface area contributed by atoms with Crippen LogP contribution in [0, 0.1) is 16.0 Å². The van der Waals surface area contributed by atoms with Gasteiger partial charge in [0.15, 0.2) is 0 Å². The van der Waals surface area contributed by atoms with E-state index in [-0.39, 0.29) is 29.6 Å². The summed E-state index contributed by atoms with van der Waals surface area (Å²) in [6.45, 7) is 8.29. The lowest BCUT2D eigenvalue weighted by Gasteiger charge is -2.47. The van der Waals surface area contributed by atoms with Gasteiger partial charge in [0.2, 0.25) is 0 Å². The summed E-state index contributed by atoms with van der Waals surface area (Å²) in [5.41, 5.74) is 0.744. The van der Waals surface area contributed by atoms with E-state index in [2.05, 4.69) is 18.7 Å². The van der Waals surface area contributed by atoms with Gasteiger partial charge in [-0.25, -0.2) is 9.59 Å². The molecule has 0 amide bonds. The Bertz CT molecular complexity index is 1110. The second kappa shape index (κ2) is 12.0. The van der Waals surface area contributed by atoms with Gasteiger partial charge in [-0.2, -0.15) is 0 Å². The van der Waals surface area contributed by atoms with Crippen molar-refractivity contribution in [3.63, 3.8) is 0 Å². The second-order valence-corrected chi connectivity index (χ2v) is 11.3. The molecular weight excluding hydrogens is 494 g/mol. The number of Topliss-reactive ketones (excluding diaryl/α,β-unsaturated/α-hetero) is 1. The van der Waals surface area contributed by atoms with Gasteiger partial charge in [-0.3, -0.25) is 4.79 Å². The predicted molar refractivity (Wildman–Crippen MR) is 138 cm³/mol. The molecule has 10 heteroatoms. The highest BCUT2D eigenvalue weighted by Gasteiger charge is 2.48. The smallest absolute Gasteiger partial charge is 0.336 e. The number of carbonyl (C=O) groups is 3. The van der Waals surface area contributed by atoms with E-state index in [9.17, 15) is 24.5 Å². The number of carbonyl (C=O) groups excluding carboxylic acids is 2. The molecule has 2 atom stereocenters. The van der Waals surface area contributed by atoms with E-state index in [1.54, 1.807) is 0 Å². The molecule has 1 heterocycles. The first kappa shape index (κ1) is 29.1. The Morgan fingerprint density at radius 2 is 1.92 bits per heavy atom. The molecule has 1 aromatic rings. The molecular formula is C28H37NO9. The Balaban J connectivity index is 1.89. The summed E-state index contributed by atoms with van der Waals surface area (Å²) in [4.78, 5) is 50.5. The number of ketones is 1. The summed E-state index contributed by atoms with van der Waals surface area (Å²) in [7, 11) is 0. The van der Waals surface area contributed by atoms with Crippen molar-refractivity contribution < 1.29 is 38.9 Å². The molecule has 0 saturated heterocycles. The molecule has 0 radical (unpaired) electrons. The average molecular weight is 532 g/mol. The maximum atomic E-state index is 12.5. The molecule has 1 N–H and O–H groups in total. The largest absolute Gasteiger partial charge is 0.487 e. The van der Waals surface area contributed by atoms with Crippen LogP contribution in [-0.2, 0) is 24.6 Å². The first-order valence-corrected chi connectivity index (χ1v) is 13.1. The monoisotopic (exact) mass is 531 g/mol. The summed E-state index contributed by atoms with van der Waals surface area (Å²) >= 11 is 0. The molecule has 0 unspecified atom stereocenters. The molecule has 0 spiro atoms. The van der Waals surface area contributed by atoms with Crippen molar-refractivity contribution >= 4 is 17.7 Å². The summed E-state index contributed by atoms with van der Waals surface area (Å²) in [5, 5.41) is 18.4. The number of nitrogens with zero attached hydrogens (tertiary/aromatic N) is 1. The van der Waals surface area contributed by atoms with Gasteiger partial charge in [-0.05, 0) is 56.2 Å². The number of carboxylic acid groups (broad SMARTS) is 1. The van der Waals surface area contributed by atoms with Crippen LogP contribution in [-0.4, -0.2) is 40.1 Å². The second-order valence-electron chi connectivity index (χ2n) is 11.3. The van der Waals surface area contributed by atoms with E-state index in [0.717, 1.165) is 43.4 Å². The van der Waals surface area contributed by atoms with E-state index in [4.69, 9.17) is 14.6 Å². The minimum Gasteiger partial charge on any atom is -0.487 e. The average Bonchev–Trinajstić information content (AvgIpc) is 2.81. The van der Waals surface area contributed by atoms with E-state index in [1.807, 2.05) is 26.0 Å². The number of rotatable bonds is 12. The lowest BCUT2D eigenvalue weighted by atomic mass is 9.66. The Kier molecular flexibility index (Phi) is 9.17. The molecule has 0 aromatic heterocycles. The minimum absolute atomic E-state index is 0.0675. The van der Waals surface area contributed by atoms with Crippen LogP contribution >= 0.6 is 0 Å². The van der Waals surface area contributed by atoms with E-state index >= 15 is 0 Å². The zero-order valence-corrected chi connectivity index (χ0v) is 22.5. The molecule has 3 rings (SSSR count). The van der Waals surface area contributed by atoms with Crippen molar-refractivity contribution in [2.45, 2.75) is 96.0 Å². The first-order valence-electron chi connectivity index (χ1n) is 13.1. The fourth-order valence-electron chi connectivity index (χ4n) is 5.62. The lowest BCUT2D eigenvalue weighted by molar-refractivity contribution is -0.757. The maximum absolute atomic E-state index is 12.5. The summed E-state index contributed by atoms with van der Waals surface area (Å²) in [6.07, 6.45) is 7.08. The van der Waals surface area contributed by atoms with Crippen LogP contribution in [0.3, 0.4) is 0 Å². The van der Waals surface area contributed by atoms with Crippen LogP contribution < -0.4 is 9.47 Å². The standard InChI is InChI=1S/C28H37NO9/c1-27(2,13-7-5-6-8-14-36-29(34)35)18-15-22(37-25(33)12-11-24(31)32)26-20-17-19(30)9-10-21(20)28(3,4)38-23(26)16-18/h11-12,15-16,20-21H,5-10,13-14,17H2,1-4H3,(H,31,32)/b12-11-/t20-,21-/m1/s1. The molecule has 2 aliphatic rings. The highest BCUT2D eigenvalue weighted by molar-refractivity contribution is 5.92. The topological polar surface area (TPSA) is 142 Å². The van der Waals surface area contributed by atoms with Crippen molar-refractivity contribution in [1.29, 1.82) is 0 Å². The number of esters is 1. The quantitative estimate of drug-likeness (QED) is 0.0950. The number of benzene rings is 1. The van der Waals surface area contributed by atoms with Crippen molar-refractivity contribution in [1.82, 2.24) is 0 Å². The van der Waals surface area contributed by atoms with Crippen LogP contribution in [0.1, 0.15) is 96.1 Å². The SMILES string of the molecule is CC(C)(CCCCCCO[N+](=O)[O-])c1cc(OC(=O)/C=C\C(=O)O)c2c(c1)OC(C)(C)[C@@H]1CCC(=O)C[C@@H]21. The highest BCUT2D eigenvalue weighted by Crippen LogP contribution is 2.55. The lowest BCUT2D eigenvalue weighted by Crippen LogP contribution is -2.47. The van der Waals surface area contributed by atoms with Crippen LogP contribution in [0.2, 0.25) is 0 Å². The van der Waals surface area contributed by atoms with Crippen LogP contribution in [0.15, 0.2) is 24.3 Å². The van der Waals surface area contributed by atoms with Crippen molar-refractivity contribution in [3.8, 4) is 11.5 Å². The Hall–Kier alpha value is -3.43. The van der Waals surface area contributed by atoms with Crippen molar-refractivity contribution in [3.05, 3.63) is 45.5 Å². The van der Waals surface area contributed by atoms with E-state index in [0.29, 0.717) is 42.7 Å². The fraction of sp³-hybridized carbons (Fsp3) is 0.607. The minimum atomic E-state index is -1.26. The molecule has 1 fully saturated rings. The summed E-state index contributed by atoms with van der Waals surface area (Å²) in [5.74, 6) is -1.14. The van der Waals surface area contributed by atoms with Crippen molar-refractivity contribution in [2.24, 2.45) is 5.92 Å². The summed E-state index contributed by atoms with van der Waals surface area (Å²) < 4.78 is 12.2. The Morgan fingerprint density at radius 1 is 1.21 bits per heavy atom. The molecule has 208 valence electrons. The molecule has 38 heavy (non-hydrogen) atoms. The number of unbranched alkanes of at least 4 members (excludes halogenated alkanes) is 3. The predicted octanol–water partition coefficient (Wildman–Crippen LogP) is 5.29. The van der Waals surface area contributed by atoms with E-state index < -0.39 is 22.6 Å². The molecule has 10 nitrogen and oxygen atoms in total. The van der Waals surface area contributed by atoms with Gasteiger partial charge in [0.25, 0.3) is 5.09 Å². The number of carboxylic acids is 1. The summed E-state index contributed by atoms with van der Waals surface area (Å²) in [6, 6.07) is 3.79. The van der Waals surface area contributed by atoms with Gasteiger partial charge < -0.3 is 19.4 Å². The highest BCUT2D eigenvalue weighted by atomic mass is 16.9. The van der Waals surface area contributed by atoms with Crippen LogP contribution in [0.25, 0.3) is 0 Å². The van der Waals surface area contributed by atoms with E-state index in [1.165, 1.54) is 0 Å². The van der Waals surface area contributed by atoms with Gasteiger partial charge >= 0.3 is 11.9 Å². The van der Waals surface area contributed by atoms with Gasteiger partial charge in [0.1, 0.15) is 22.9 Å². The molecule has 1 aromatic carbocycles. The third-order valence-corrected chi connectivity index (χ3v) is 7.66. The third-order valence-electron chi connectivity index (χ3n) is 7.66. The normalized spacial score (nSPS) is 20.3. The Morgan fingerprint density at radius 3 is 2.61 bits per heavy atom. The maximum Gasteiger partial charge on any atom is 0.336 e. The number of aliphatic carboxylic acids is 1. The van der Waals surface area contributed by atoms with Gasteiger partial charge in [-0.1, -0.05) is 33.1 Å². The molecule has 0 bridgehead atoms. The zero-order chi connectivity index (χ0) is 28.1.